The summed E-state index contributed by atoms with van der Waals surface area (Å²) in [7, 11) is 3.04. The van der Waals surface area contributed by atoms with Gasteiger partial charge in [-0.1, -0.05) is 11.6 Å². The first-order valence-electron chi connectivity index (χ1n) is 8.99. The van der Waals surface area contributed by atoms with Crippen LogP contribution >= 0.6 is 11.6 Å². The van der Waals surface area contributed by atoms with Gasteiger partial charge in [-0.25, -0.2) is 0 Å². The highest BCUT2D eigenvalue weighted by atomic mass is 35.5. The Balaban J connectivity index is 2.06. The highest BCUT2D eigenvalue weighted by molar-refractivity contribution is 6.30. The van der Waals surface area contributed by atoms with Crippen molar-refractivity contribution in [3.05, 3.63) is 33.8 Å². The van der Waals surface area contributed by atoms with E-state index in [9.17, 15) is 9.59 Å². The zero-order valence-corrected chi connectivity index (χ0v) is 16.8. The predicted octanol–water partition coefficient (Wildman–Crippen LogP) is 3.52. The summed E-state index contributed by atoms with van der Waals surface area (Å²) >= 11 is 6.07. The molecule has 6 heteroatoms. The van der Waals surface area contributed by atoms with E-state index in [1.807, 2.05) is 31.0 Å². The van der Waals surface area contributed by atoms with Crippen molar-refractivity contribution >= 4 is 23.4 Å². The fourth-order valence-electron chi connectivity index (χ4n) is 3.79. The van der Waals surface area contributed by atoms with Crippen molar-refractivity contribution < 1.29 is 19.2 Å². The quantitative estimate of drug-likeness (QED) is 0.676. The molecule has 0 bridgehead atoms. The second-order valence-corrected chi connectivity index (χ2v) is 7.45. The van der Waals surface area contributed by atoms with Crippen LogP contribution in [-0.4, -0.2) is 44.1 Å². The van der Waals surface area contributed by atoms with Crippen LogP contribution in [0.1, 0.15) is 36.0 Å². The van der Waals surface area contributed by atoms with Crippen molar-refractivity contribution in [2.24, 2.45) is 11.8 Å². The minimum absolute atomic E-state index is 0.0584. The van der Waals surface area contributed by atoms with Crippen molar-refractivity contribution in [1.29, 1.82) is 0 Å². The largest absolute Gasteiger partial charge is 0.469 e. The molecular weight excluding hydrogens is 354 g/mol. The lowest BCUT2D eigenvalue weighted by atomic mass is 9.80. The maximum absolute atomic E-state index is 12.7. The summed E-state index contributed by atoms with van der Waals surface area (Å²) in [6, 6.07) is 3.74. The van der Waals surface area contributed by atoms with Gasteiger partial charge >= 0.3 is 5.97 Å². The lowest BCUT2D eigenvalue weighted by molar-refractivity contribution is -0.162. The average Bonchev–Trinajstić information content (AvgIpc) is 2.62. The number of halogens is 1. The number of aryl methyl sites for hydroxylation is 2. The van der Waals surface area contributed by atoms with Crippen LogP contribution < -0.4 is 0 Å². The Hall–Kier alpha value is -1.43. The zero-order valence-electron chi connectivity index (χ0n) is 16.0. The monoisotopic (exact) mass is 381 g/mol. The lowest BCUT2D eigenvalue weighted by Crippen LogP contribution is -2.38. The molecule has 0 amide bonds. The summed E-state index contributed by atoms with van der Waals surface area (Å²) in [5, 5.41) is 2.56. The number of nitrogens with zero attached hydrogens (tertiary/aromatic N) is 1. The maximum Gasteiger partial charge on any atom is 0.309 e. The minimum Gasteiger partial charge on any atom is -0.469 e. The predicted molar refractivity (Wildman–Crippen MR) is 101 cm³/mol. The second-order valence-electron chi connectivity index (χ2n) is 7.02. The third kappa shape index (κ3) is 5.29. The molecule has 5 nitrogen and oxygen atoms in total. The van der Waals surface area contributed by atoms with Crippen LogP contribution in [0, 0.1) is 25.7 Å². The highest BCUT2D eigenvalue weighted by Crippen LogP contribution is 2.30. The van der Waals surface area contributed by atoms with Gasteiger partial charge in [0, 0.05) is 31.0 Å². The molecule has 1 aromatic carbocycles. The molecule has 0 saturated carbocycles. The van der Waals surface area contributed by atoms with Crippen LogP contribution in [0.3, 0.4) is 0 Å². The van der Waals surface area contributed by atoms with Crippen LogP contribution in [0.2, 0.25) is 5.02 Å². The van der Waals surface area contributed by atoms with Gasteiger partial charge in [0.2, 0.25) is 0 Å². The van der Waals surface area contributed by atoms with Crippen molar-refractivity contribution in [2.75, 3.05) is 27.3 Å². The fourth-order valence-corrected chi connectivity index (χ4v) is 4.12. The van der Waals surface area contributed by atoms with Gasteiger partial charge in [0.15, 0.2) is 0 Å². The number of piperidine rings is 1. The zero-order chi connectivity index (χ0) is 19.3. The topological polar surface area (TPSA) is 55.8 Å². The van der Waals surface area contributed by atoms with Gasteiger partial charge in [-0.3, -0.25) is 9.59 Å². The number of carbonyl (C=O) groups excluding carboxylic acids is 2. The minimum atomic E-state index is -0.389. The number of ether oxygens (including phenoxy) is 1. The van der Waals surface area contributed by atoms with E-state index in [1.165, 1.54) is 7.11 Å². The maximum atomic E-state index is 12.7. The first-order chi connectivity index (χ1) is 12.3. The average molecular weight is 382 g/mol. The van der Waals surface area contributed by atoms with Crippen molar-refractivity contribution in [2.45, 2.75) is 39.5 Å². The number of hydroxylamine groups is 2. The normalized spacial score (nSPS) is 17.1. The van der Waals surface area contributed by atoms with Crippen LogP contribution in [0.25, 0.3) is 0 Å². The summed E-state index contributed by atoms with van der Waals surface area (Å²) in [5.41, 5.74) is 3.01. The third-order valence-electron chi connectivity index (χ3n) is 5.31. The Kier molecular flexibility index (Phi) is 7.62. The van der Waals surface area contributed by atoms with Gasteiger partial charge in [-0.2, -0.15) is 5.06 Å². The number of benzene rings is 1. The third-order valence-corrected chi connectivity index (χ3v) is 5.53. The molecule has 2 rings (SSSR count). The van der Waals surface area contributed by atoms with Crippen LogP contribution in [0.4, 0.5) is 0 Å². The molecule has 0 aliphatic carbocycles. The summed E-state index contributed by atoms with van der Waals surface area (Å²) < 4.78 is 4.98. The molecule has 1 heterocycles. The molecule has 1 atom stereocenters. The van der Waals surface area contributed by atoms with Crippen molar-refractivity contribution in [3.63, 3.8) is 0 Å². The van der Waals surface area contributed by atoms with E-state index in [0.717, 1.165) is 42.6 Å². The lowest BCUT2D eigenvalue weighted by Gasteiger charge is -2.33. The first kappa shape index (κ1) is 20.9. The molecule has 0 radical (unpaired) electrons. The van der Waals surface area contributed by atoms with Gasteiger partial charge in [0.1, 0.15) is 5.78 Å². The molecule has 1 aliphatic heterocycles. The van der Waals surface area contributed by atoms with Crippen LogP contribution in [-0.2, 0) is 25.6 Å². The number of esters is 1. The van der Waals surface area contributed by atoms with E-state index in [4.69, 9.17) is 21.2 Å². The van der Waals surface area contributed by atoms with Crippen LogP contribution in [0.5, 0.6) is 0 Å². The number of hydrogen-bond donors (Lipinski definition) is 0. The summed E-state index contributed by atoms with van der Waals surface area (Å²) in [5.74, 6) is -0.480. The standard InChI is InChI=1S/C20H28ClNO4/c1-13-9-16(21)10-14(2)18(13)11-17(23)12-19(20(24)25-3)15-5-7-22(26-4)8-6-15/h9-10,15,19H,5-8,11-12H2,1-4H3. The number of ketones is 1. The van der Waals surface area contributed by atoms with E-state index < -0.39 is 0 Å². The molecule has 0 N–H and O–H groups in total. The number of rotatable bonds is 7. The molecule has 1 aromatic rings. The van der Waals surface area contributed by atoms with Gasteiger partial charge < -0.3 is 9.57 Å². The van der Waals surface area contributed by atoms with E-state index in [-0.39, 0.29) is 30.0 Å². The molecule has 1 fully saturated rings. The number of hydrogen-bond acceptors (Lipinski definition) is 5. The molecule has 1 unspecified atom stereocenters. The molecule has 1 saturated heterocycles. The molecule has 144 valence electrons. The van der Waals surface area contributed by atoms with E-state index in [2.05, 4.69) is 0 Å². The highest BCUT2D eigenvalue weighted by Gasteiger charge is 2.34. The van der Waals surface area contributed by atoms with Crippen molar-refractivity contribution in [3.8, 4) is 0 Å². The molecule has 0 aromatic heterocycles. The van der Waals surface area contributed by atoms with Gasteiger partial charge in [0.05, 0.1) is 20.1 Å². The van der Waals surface area contributed by atoms with Gasteiger partial charge in [0.25, 0.3) is 0 Å². The smallest absolute Gasteiger partial charge is 0.309 e. The Morgan fingerprint density at radius 3 is 2.27 bits per heavy atom. The molecule has 0 spiro atoms. The first-order valence-corrected chi connectivity index (χ1v) is 9.37. The Morgan fingerprint density at radius 1 is 1.19 bits per heavy atom. The molecular formula is C20H28ClNO4. The molecule has 26 heavy (non-hydrogen) atoms. The Bertz CT molecular complexity index is 630. The summed E-state index contributed by atoms with van der Waals surface area (Å²) in [6.45, 7) is 5.44. The van der Waals surface area contributed by atoms with Crippen molar-refractivity contribution in [1.82, 2.24) is 5.06 Å². The summed E-state index contributed by atoms with van der Waals surface area (Å²) in [4.78, 5) is 30.3. The number of carbonyl (C=O) groups is 2. The van der Waals surface area contributed by atoms with E-state index in [0.29, 0.717) is 11.4 Å². The van der Waals surface area contributed by atoms with E-state index >= 15 is 0 Å². The summed E-state index contributed by atoms with van der Waals surface area (Å²) in [6.07, 6.45) is 2.17. The Labute approximate surface area is 160 Å². The number of Topliss-reactive ketones (excluding diaryl/α,β-unsaturated/α-hetero) is 1. The SMILES string of the molecule is COC(=O)C(CC(=O)Cc1c(C)cc(Cl)cc1C)C1CCN(OC)CC1. The van der Waals surface area contributed by atoms with Gasteiger partial charge in [-0.15, -0.1) is 0 Å². The second kappa shape index (κ2) is 9.49. The number of methoxy groups -OCH3 is 1. The van der Waals surface area contributed by atoms with E-state index in [1.54, 1.807) is 7.11 Å². The fraction of sp³-hybridized carbons (Fsp3) is 0.600. The Morgan fingerprint density at radius 2 is 1.77 bits per heavy atom. The molecule has 1 aliphatic rings. The van der Waals surface area contributed by atoms with Gasteiger partial charge in [-0.05, 0) is 61.4 Å². The van der Waals surface area contributed by atoms with Crippen LogP contribution in [0.15, 0.2) is 12.1 Å².